The van der Waals surface area contributed by atoms with Crippen LogP contribution in [-0.4, -0.2) is 23.6 Å². The number of nitrogens with one attached hydrogen (secondary N) is 1. The third-order valence-electron chi connectivity index (χ3n) is 0.878. The molecule has 0 aromatic heterocycles. The molecule has 0 aliphatic rings. The number of hydrogen-bond donors (Lipinski definition) is 3. The lowest BCUT2D eigenvalue weighted by Gasteiger charge is -2.07. The standard InChI is InChI=1S/C5H13NOS/c1-2-5(7)6-3-4-8/h5-8H,2-4H2,1H3/t5-/m0/s1. The van der Waals surface area contributed by atoms with Gasteiger partial charge in [-0.25, -0.2) is 0 Å². The second kappa shape index (κ2) is 5.41. The molecule has 0 aliphatic carbocycles. The average molecular weight is 135 g/mol. The molecule has 0 aromatic carbocycles. The van der Waals surface area contributed by atoms with E-state index in [1.165, 1.54) is 0 Å². The van der Waals surface area contributed by atoms with Gasteiger partial charge in [0.2, 0.25) is 0 Å². The Kier molecular flexibility index (Phi) is 5.59. The van der Waals surface area contributed by atoms with Gasteiger partial charge in [0.25, 0.3) is 0 Å². The summed E-state index contributed by atoms with van der Waals surface area (Å²) in [5, 5.41) is 11.7. The van der Waals surface area contributed by atoms with Gasteiger partial charge in [0.1, 0.15) is 6.23 Å². The van der Waals surface area contributed by atoms with Crippen LogP contribution in [0.2, 0.25) is 0 Å². The van der Waals surface area contributed by atoms with E-state index in [9.17, 15) is 0 Å². The first-order valence-corrected chi connectivity index (χ1v) is 3.46. The maximum atomic E-state index is 8.84. The van der Waals surface area contributed by atoms with Crippen LogP contribution in [-0.2, 0) is 0 Å². The zero-order valence-electron chi connectivity index (χ0n) is 5.09. The SMILES string of the molecule is CC[C@H](O)NCCS. The van der Waals surface area contributed by atoms with E-state index in [0.29, 0.717) is 0 Å². The molecule has 0 saturated carbocycles. The molecule has 0 aromatic rings. The molecule has 2 nitrogen and oxygen atoms in total. The van der Waals surface area contributed by atoms with Gasteiger partial charge >= 0.3 is 0 Å². The molecule has 0 saturated heterocycles. The Hall–Kier alpha value is 0.270. The van der Waals surface area contributed by atoms with Crippen molar-refractivity contribution < 1.29 is 5.11 Å². The van der Waals surface area contributed by atoms with Crippen LogP contribution in [0.4, 0.5) is 0 Å². The van der Waals surface area contributed by atoms with Crippen molar-refractivity contribution >= 4 is 12.6 Å². The van der Waals surface area contributed by atoms with Crippen LogP contribution in [0, 0.1) is 0 Å². The predicted octanol–water partition coefficient (Wildman–Crippen LogP) is 0.234. The molecule has 0 bridgehead atoms. The Labute approximate surface area is 55.7 Å². The second-order valence-corrected chi connectivity index (χ2v) is 2.05. The van der Waals surface area contributed by atoms with Crippen molar-refractivity contribution in [3.63, 3.8) is 0 Å². The van der Waals surface area contributed by atoms with Gasteiger partial charge in [-0.3, -0.25) is 5.32 Å². The third kappa shape index (κ3) is 4.43. The number of hydrogen-bond acceptors (Lipinski definition) is 3. The molecule has 0 rings (SSSR count). The lowest BCUT2D eigenvalue weighted by molar-refractivity contribution is 0.136. The van der Waals surface area contributed by atoms with Crippen molar-refractivity contribution in [2.24, 2.45) is 0 Å². The highest BCUT2D eigenvalue weighted by molar-refractivity contribution is 7.80. The van der Waals surface area contributed by atoms with Crippen LogP contribution in [0.5, 0.6) is 0 Å². The highest BCUT2D eigenvalue weighted by atomic mass is 32.1. The van der Waals surface area contributed by atoms with E-state index in [0.717, 1.165) is 18.7 Å². The fraction of sp³-hybridized carbons (Fsp3) is 1.00. The third-order valence-corrected chi connectivity index (χ3v) is 1.10. The molecular formula is C5H13NOS. The predicted molar refractivity (Wildman–Crippen MR) is 38.2 cm³/mol. The van der Waals surface area contributed by atoms with E-state index in [1.54, 1.807) is 0 Å². The minimum absolute atomic E-state index is 0.345. The Balaban J connectivity index is 2.86. The first kappa shape index (κ1) is 8.27. The smallest absolute Gasteiger partial charge is 0.104 e. The summed E-state index contributed by atoms with van der Waals surface area (Å²) < 4.78 is 0. The number of aliphatic hydroxyl groups excluding tert-OH is 1. The van der Waals surface area contributed by atoms with Gasteiger partial charge in [-0.1, -0.05) is 6.92 Å². The maximum Gasteiger partial charge on any atom is 0.104 e. The summed E-state index contributed by atoms with van der Waals surface area (Å²) in [7, 11) is 0. The quantitative estimate of drug-likeness (QED) is 0.381. The van der Waals surface area contributed by atoms with E-state index in [1.807, 2.05) is 6.92 Å². The minimum atomic E-state index is -0.345. The van der Waals surface area contributed by atoms with E-state index in [2.05, 4.69) is 17.9 Å². The summed E-state index contributed by atoms with van der Waals surface area (Å²) in [4.78, 5) is 0. The summed E-state index contributed by atoms with van der Waals surface area (Å²) in [6.07, 6.45) is 0.412. The molecule has 50 valence electrons. The van der Waals surface area contributed by atoms with Crippen molar-refractivity contribution in [3.05, 3.63) is 0 Å². The number of aliphatic hydroxyl groups is 1. The van der Waals surface area contributed by atoms with Crippen molar-refractivity contribution in [3.8, 4) is 0 Å². The van der Waals surface area contributed by atoms with E-state index >= 15 is 0 Å². The molecule has 0 fully saturated rings. The summed E-state index contributed by atoms with van der Waals surface area (Å²) in [5.41, 5.74) is 0. The summed E-state index contributed by atoms with van der Waals surface area (Å²) >= 11 is 3.96. The molecule has 0 spiro atoms. The van der Waals surface area contributed by atoms with E-state index in [-0.39, 0.29) is 6.23 Å². The van der Waals surface area contributed by atoms with Crippen LogP contribution >= 0.6 is 12.6 Å². The van der Waals surface area contributed by atoms with Gasteiger partial charge in [0, 0.05) is 12.3 Å². The van der Waals surface area contributed by atoms with Gasteiger partial charge in [-0.15, -0.1) is 0 Å². The molecule has 0 amide bonds. The normalized spacial score (nSPS) is 13.9. The minimum Gasteiger partial charge on any atom is -0.379 e. The topological polar surface area (TPSA) is 32.3 Å². The Morgan fingerprint density at radius 1 is 1.75 bits per heavy atom. The fourth-order valence-electron chi connectivity index (χ4n) is 0.375. The average Bonchev–Trinajstić information content (AvgIpc) is 1.83. The van der Waals surface area contributed by atoms with E-state index in [4.69, 9.17) is 5.11 Å². The lowest BCUT2D eigenvalue weighted by Crippen LogP contribution is -2.29. The Morgan fingerprint density at radius 2 is 2.38 bits per heavy atom. The van der Waals surface area contributed by atoms with Crippen LogP contribution in [0.1, 0.15) is 13.3 Å². The Morgan fingerprint density at radius 3 is 2.75 bits per heavy atom. The molecule has 0 aliphatic heterocycles. The van der Waals surface area contributed by atoms with Crippen LogP contribution in [0.3, 0.4) is 0 Å². The highest BCUT2D eigenvalue weighted by Gasteiger charge is 1.94. The molecule has 0 unspecified atom stereocenters. The van der Waals surface area contributed by atoms with Gasteiger partial charge in [0.15, 0.2) is 0 Å². The highest BCUT2D eigenvalue weighted by Crippen LogP contribution is 1.82. The van der Waals surface area contributed by atoms with Gasteiger partial charge in [-0.2, -0.15) is 12.6 Å². The van der Waals surface area contributed by atoms with Gasteiger partial charge in [-0.05, 0) is 6.42 Å². The monoisotopic (exact) mass is 135 g/mol. The molecule has 3 heteroatoms. The molecule has 2 N–H and O–H groups in total. The van der Waals surface area contributed by atoms with Gasteiger partial charge in [0.05, 0.1) is 0 Å². The Bertz CT molecular complexity index is 51.7. The second-order valence-electron chi connectivity index (χ2n) is 1.60. The molecular weight excluding hydrogens is 122 g/mol. The van der Waals surface area contributed by atoms with Gasteiger partial charge < -0.3 is 5.11 Å². The van der Waals surface area contributed by atoms with Crippen molar-refractivity contribution in [1.29, 1.82) is 0 Å². The van der Waals surface area contributed by atoms with E-state index < -0.39 is 0 Å². The molecule has 0 heterocycles. The first-order valence-electron chi connectivity index (χ1n) is 2.83. The van der Waals surface area contributed by atoms with Crippen molar-refractivity contribution in [2.75, 3.05) is 12.3 Å². The first-order chi connectivity index (χ1) is 3.81. The maximum absolute atomic E-state index is 8.84. The number of thiol groups is 1. The largest absolute Gasteiger partial charge is 0.379 e. The zero-order valence-corrected chi connectivity index (χ0v) is 5.99. The zero-order chi connectivity index (χ0) is 6.41. The van der Waals surface area contributed by atoms with Crippen LogP contribution < -0.4 is 5.32 Å². The van der Waals surface area contributed by atoms with Crippen molar-refractivity contribution in [2.45, 2.75) is 19.6 Å². The van der Waals surface area contributed by atoms with Crippen LogP contribution in [0.25, 0.3) is 0 Å². The number of rotatable bonds is 4. The van der Waals surface area contributed by atoms with Crippen molar-refractivity contribution in [1.82, 2.24) is 5.32 Å². The fourth-order valence-corrected chi connectivity index (χ4v) is 0.505. The summed E-state index contributed by atoms with van der Waals surface area (Å²) in [6.45, 7) is 2.70. The summed E-state index contributed by atoms with van der Waals surface area (Å²) in [5.74, 6) is 0.775. The van der Waals surface area contributed by atoms with Crippen LogP contribution in [0.15, 0.2) is 0 Å². The molecule has 0 radical (unpaired) electrons. The lowest BCUT2D eigenvalue weighted by atomic mass is 10.4. The summed E-state index contributed by atoms with van der Waals surface area (Å²) in [6, 6.07) is 0. The molecule has 1 atom stereocenters. The molecule has 8 heavy (non-hydrogen) atoms.